The molecule has 3 rings (SSSR count). The lowest BCUT2D eigenvalue weighted by molar-refractivity contribution is 0.171. The van der Waals surface area contributed by atoms with Crippen molar-refractivity contribution in [1.29, 1.82) is 0 Å². The van der Waals surface area contributed by atoms with Crippen LogP contribution >= 0.6 is 0 Å². The van der Waals surface area contributed by atoms with Gasteiger partial charge in [-0.15, -0.1) is 0 Å². The van der Waals surface area contributed by atoms with Gasteiger partial charge in [0.2, 0.25) is 0 Å². The Morgan fingerprint density at radius 1 is 1.29 bits per heavy atom. The van der Waals surface area contributed by atoms with Crippen LogP contribution in [0, 0.1) is 0 Å². The second kappa shape index (κ2) is 4.43. The molecule has 1 unspecified atom stereocenters. The molecule has 0 aromatic heterocycles. The Labute approximate surface area is 103 Å². The van der Waals surface area contributed by atoms with Gasteiger partial charge in [-0.3, -0.25) is 0 Å². The Morgan fingerprint density at radius 3 is 2.65 bits per heavy atom. The SMILES string of the molecule is CC1(NCc2ccc(C3CC3)cc2)CCOC1. The Hall–Kier alpha value is -0.860. The van der Waals surface area contributed by atoms with E-state index in [1.807, 2.05) is 0 Å². The van der Waals surface area contributed by atoms with E-state index in [0.29, 0.717) is 0 Å². The summed E-state index contributed by atoms with van der Waals surface area (Å²) in [6.07, 6.45) is 3.88. The zero-order valence-corrected chi connectivity index (χ0v) is 10.5. The van der Waals surface area contributed by atoms with E-state index in [4.69, 9.17) is 4.74 Å². The molecule has 1 N–H and O–H groups in total. The van der Waals surface area contributed by atoms with Crippen LogP contribution in [0.3, 0.4) is 0 Å². The van der Waals surface area contributed by atoms with Gasteiger partial charge in [-0.2, -0.15) is 0 Å². The Morgan fingerprint density at radius 2 is 2.06 bits per heavy atom. The first-order valence-corrected chi connectivity index (χ1v) is 6.67. The monoisotopic (exact) mass is 231 g/mol. The summed E-state index contributed by atoms with van der Waals surface area (Å²) in [7, 11) is 0. The van der Waals surface area contributed by atoms with Crippen LogP contribution in [0.4, 0.5) is 0 Å². The molecular formula is C15H21NO. The molecule has 1 aromatic carbocycles. The van der Waals surface area contributed by atoms with Crippen LogP contribution in [-0.2, 0) is 11.3 Å². The molecule has 2 fully saturated rings. The molecule has 2 heteroatoms. The highest BCUT2D eigenvalue weighted by Crippen LogP contribution is 2.39. The first-order valence-electron chi connectivity index (χ1n) is 6.67. The molecular weight excluding hydrogens is 210 g/mol. The third-order valence-electron chi connectivity index (χ3n) is 3.97. The topological polar surface area (TPSA) is 21.3 Å². The van der Waals surface area contributed by atoms with E-state index in [-0.39, 0.29) is 5.54 Å². The first kappa shape index (κ1) is 11.2. The van der Waals surface area contributed by atoms with Crippen LogP contribution < -0.4 is 5.32 Å². The van der Waals surface area contributed by atoms with E-state index >= 15 is 0 Å². The van der Waals surface area contributed by atoms with E-state index in [9.17, 15) is 0 Å². The minimum absolute atomic E-state index is 0.176. The fourth-order valence-corrected chi connectivity index (χ4v) is 2.45. The lowest BCUT2D eigenvalue weighted by Crippen LogP contribution is -2.42. The smallest absolute Gasteiger partial charge is 0.0646 e. The Bertz CT molecular complexity index is 374. The number of rotatable bonds is 4. The van der Waals surface area contributed by atoms with Crippen molar-refractivity contribution in [2.75, 3.05) is 13.2 Å². The third-order valence-corrected chi connectivity index (χ3v) is 3.97. The fraction of sp³-hybridized carbons (Fsp3) is 0.600. The molecule has 2 nitrogen and oxygen atoms in total. The number of hydrogen-bond donors (Lipinski definition) is 1. The van der Waals surface area contributed by atoms with Crippen molar-refractivity contribution in [2.45, 2.75) is 44.2 Å². The van der Waals surface area contributed by atoms with Crippen LogP contribution in [0.25, 0.3) is 0 Å². The van der Waals surface area contributed by atoms with Crippen molar-refractivity contribution >= 4 is 0 Å². The zero-order valence-electron chi connectivity index (χ0n) is 10.5. The van der Waals surface area contributed by atoms with Crippen molar-refractivity contribution in [3.63, 3.8) is 0 Å². The third kappa shape index (κ3) is 2.70. The average molecular weight is 231 g/mol. The van der Waals surface area contributed by atoms with Crippen molar-refractivity contribution in [3.05, 3.63) is 35.4 Å². The number of nitrogens with one attached hydrogen (secondary N) is 1. The van der Waals surface area contributed by atoms with Gasteiger partial charge in [0.1, 0.15) is 0 Å². The molecule has 2 aliphatic rings. The summed E-state index contributed by atoms with van der Waals surface area (Å²) in [6, 6.07) is 9.12. The quantitative estimate of drug-likeness (QED) is 0.860. The number of ether oxygens (including phenoxy) is 1. The van der Waals surface area contributed by atoms with Crippen LogP contribution in [0.5, 0.6) is 0 Å². The molecule has 1 heterocycles. The molecule has 92 valence electrons. The number of hydrogen-bond acceptors (Lipinski definition) is 2. The molecule has 1 aliphatic heterocycles. The molecule has 0 radical (unpaired) electrons. The lowest BCUT2D eigenvalue weighted by Gasteiger charge is -2.23. The molecule has 0 amide bonds. The lowest BCUT2D eigenvalue weighted by atomic mass is 10.0. The summed E-state index contributed by atoms with van der Waals surface area (Å²) in [5, 5.41) is 3.61. The first-order chi connectivity index (χ1) is 8.25. The van der Waals surface area contributed by atoms with Gasteiger partial charge >= 0.3 is 0 Å². The molecule has 1 atom stereocenters. The van der Waals surface area contributed by atoms with E-state index in [0.717, 1.165) is 32.1 Å². The Kier molecular flexibility index (Phi) is 2.93. The Balaban J connectivity index is 1.57. The standard InChI is InChI=1S/C15H21NO/c1-15(8-9-17-11-15)16-10-12-2-4-13(5-3-12)14-6-7-14/h2-5,14,16H,6-11H2,1H3. The van der Waals surface area contributed by atoms with Crippen LogP contribution in [-0.4, -0.2) is 18.8 Å². The van der Waals surface area contributed by atoms with E-state index in [1.165, 1.54) is 24.0 Å². The van der Waals surface area contributed by atoms with Crippen LogP contribution in [0.1, 0.15) is 43.2 Å². The van der Waals surface area contributed by atoms with Crippen molar-refractivity contribution in [3.8, 4) is 0 Å². The largest absolute Gasteiger partial charge is 0.379 e. The molecule has 1 aliphatic carbocycles. The zero-order chi connectivity index (χ0) is 11.7. The molecule has 17 heavy (non-hydrogen) atoms. The minimum Gasteiger partial charge on any atom is -0.379 e. The molecule has 0 spiro atoms. The maximum atomic E-state index is 5.44. The van der Waals surface area contributed by atoms with Crippen LogP contribution in [0.15, 0.2) is 24.3 Å². The van der Waals surface area contributed by atoms with Gasteiger partial charge in [0.25, 0.3) is 0 Å². The number of benzene rings is 1. The summed E-state index contributed by atoms with van der Waals surface area (Å²) in [5.74, 6) is 0.859. The highest BCUT2D eigenvalue weighted by Gasteiger charge is 2.28. The van der Waals surface area contributed by atoms with Gasteiger partial charge in [-0.1, -0.05) is 24.3 Å². The molecule has 1 saturated carbocycles. The van der Waals surface area contributed by atoms with Crippen molar-refractivity contribution < 1.29 is 4.74 Å². The average Bonchev–Trinajstić information content (AvgIpc) is 3.11. The van der Waals surface area contributed by atoms with Gasteiger partial charge in [0, 0.05) is 18.7 Å². The second-order valence-corrected chi connectivity index (χ2v) is 5.73. The molecule has 1 aromatic rings. The highest BCUT2D eigenvalue weighted by atomic mass is 16.5. The summed E-state index contributed by atoms with van der Waals surface area (Å²) in [4.78, 5) is 0. The van der Waals surface area contributed by atoms with Gasteiger partial charge in [-0.25, -0.2) is 0 Å². The molecule has 1 saturated heterocycles. The molecule has 0 bridgehead atoms. The van der Waals surface area contributed by atoms with E-state index < -0.39 is 0 Å². The van der Waals surface area contributed by atoms with E-state index in [2.05, 4.69) is 36.5 Å². The summed E-state index contributed by atoms with van der Waals surface area (Å²) in [5.41, 5.74) is 3.07. The van der Waals surface area contributed by atoms with Gasteiger partial charge in [-0.05, 0) is 43.2 Å². The fourth-order valence-electron chi connectivity index (χ4n) is 2.45. The van der Waals surface area contributed by atoms with Gasteiger partial charge in [0.05, 0.1) is 6.61 Å². The van der Waals surface area contributed by atoms with Crippen molar-refractivity contribution in [2.24, 2.45) is 0 Å². The maximum absolute atomic E-state index is 5.44. The second-order valence-electron chi connectivity index (χ2n) is 5.73. The van der Waals surface area contributed by atoms with Crippen LogP contribution in [0.2, 0.25) is 0 Å². The predicted molar refractivity (Wildman–Crippen MR) is 69.1 cm³/mol. The summed E-state index contributed by atoms with van der Waals surface area (Å²) in [6.45, 7) is 4.93. The van der Waals surface area contributed by atoms with Gasteiger partial charge in [0.15, 0.2) is 0 Å². The van der Waals surface area contributed by atoms with Crippen molar-refractivity contribution in [1.82, 2.24) is 5.32 Å². The maximum Gasteiger partial charge on any atom is 0.0646 e. The predicted octanol–water partition coefficient (Wildman–Crippen LogP) is 2.83. The highest BCUT2D eigenvalue weighted by molar-refractivity contribution is 5.28. The normalized spacial score (nSPS) is 28.5. The van der Waals surface area contributed by atoms with Gasteiger partial charge < -0.3 is 10.1 Å². The summed E-state index contributed by atoms with van der Waals surface area (Å²) < 4.78 is 5.44. The van der Waals surface area contributed by atoms with E-state index in [1.54, 1.807) is 0 Å². The summed E-state index contributed by atoms with van der Waals surface area (Å²) >= 11 is 0. The minimum atomic E-state index is 0.176.